The van der Waals surface area contributed by atoms with Gasteiger partial charge in [0, 0.05) is 36.5 Å². The highest BCUT2D eigenvalue weighted by molar-refractivity contribution is 8.00. The molecule has 1 atom stereocenters. The molecule has 2 heterocycles. The number of rotatable bonds is 3. The van der Waals surface area contributed by atoms with Crippen molar-refractivity contribution in [2.24, 2.45) is 0 Å². The van der Waals surface area contributed by atoms with Crippen molar-refractivity contribution in [3.05, 3.63) is 18.5 Å². The van der Waals surface area contributed by atoms with Crippen LogP contribution in [0.5, 0.6) is 0 Å². The standard InChI is InChI=1S/C11H17N3O2S2/c1-2-9-8-14(5-6-17-9)18(15,16)11-7-13-4-3-10(11)12/h3-4,7,9H,2,5-6,8H2,1H3,(H2,12,13). The van der Waals surface area contributed by atoms with Crippen LogP contribution >= 0.6 is 11.8 Å². The molecule has 0 aliphatic carbocycles. The second-order valence-electron chi connectivity index (χ2n) is 4.18. The first-order chi connectivity index (χ1) is 8.55. The number of sulfonamides is 1. The van der Waals surface area contributed by atoms with Crippen LogP contribution in [0.1, 0.15) is 13.3 Å². The second kappa shape index (κ2) is 5.46. The molecule has 1 aliphatic heterocycles. The van der Waals surface area contributed by atoms with Gasteiger partial charge in [-0.1, -0.05) is 6.92 Å². The Morgan fingerprint density at radius 2 is 2.39 bits per heavy atom. The van der Waals surface area contributed by atoms with Crippen molar-refractivity contribution in [2.45, 2.75) is 23.5 Å². The van der Waals surface area contributed by atoms with Gasteiger partial charge in [0.2, 0.25) is 10.0 Å². The topological polar surface area (TPSA) is 76.3 Å². The molecule has 1 unspecified atom stereocenters. The Balaban J connectivity index is 2.29. The second-order valence-corrected chi connectivity index (χ2v) is 7.49. The van der Waals surface area contributed by atoms with E-state index in [4.69, 9.17) is 5.73 Å². The van der Waals surface area contributed by atoms with Gasteiger partial charge in [-0.25, -0.2) is 8.42 Å². The molecular formula is C11H17N3O2S2. The number of nitrogens with zero attached hydrogens (tertiary/aromatic N) is 2. The molecule has 18 heavy (non-hydrogen) atoms. The third-order valence-electron chi connectivity index (χ3n) is 2.99. The number of thioether (sulfide) groups is 1. The zero-order valence-corrected chi connectivity index (χ0v) is 11.9. The van der Waals surface area contributed by atoms with Crippen LogP contribution in [0.3, 0.4) is 0 Å². The van der Waals surface area contributed by atoms with E-state index in [0.29, 0.717) is 18.3 Å². The van der Waals surface area contributed by atoms with E-state index < -0.39 is 10.0 Å². The minimum Gasteiger partial charge on any atom is -0.398 e. The molecule has 0 saturated carbocycles. The van der Waals surface area contributed by atoms with Gasteiger partial charge < -0.3 is 5.73 Å². The molecule has 0 radical (unpaired) electrons. The maximum atomic E-state index is 12.5. The van der Waals surface area contributed by atoms with Crippen molar-refractivity contribution in [3.8, 4) is 0 Å². The Morgan fingerprint density at radius 3 is 3.06 bits per heavy atom. The van der Waals surface area contributed by atoms with Gasteiger partial charge in [-0.3, -0.25) is 4.98 Å². The molecule has 1 fully saturated rings. The van der Waals surface area contributed by atoms with Crippen molar-refractivity contribution in [1.29, 1.82) is 0 Å². The van der Waals surface area contributed by atoms with Crippen molar-refractivity contribution in [2.75, 3.05) is 24.6 Å². The van der Waals surface area contributed by atoms with Crippen molar-refractivity contribution < 1.29 is 8.42 Å². The van der Waals surface area contributed by atoms with E-state index >= 15 is 0 Å². The number of anilines is 1. The maximum Gasteiger partial charge on any atom is 0.246 e. The highest BCUT2D eigenvalue weighted by atomic mass is 32.2. The summed E-state index contributed by atoms with van der Waals surface area (Å²) in [6.07, 6.45) is 3.79. The molecule has 1 aromatic heterocycles. The summed E-state index contributed by atoms with van der Waals surface area (Å²) in [6.45, 7) is 3.17. The number of hydrogen-bond donors (Lipinski definition) is 1. The van der Waals surface area contributed by atoms with Crippen LogP contribution in [0.4, 0.5) is 5.69 Å². The molecule has 0 aromatic carbocycles. The Bertz CT molecular complexity index is 519. The Kier molecular flexibility index (Phi) is 4.14. The fourth-order valence-electron chi connectivity index (χ4n) is 1.90. The Morgan fingerprint density at radius 1 is 1.61 bits per heavy atom. The van der Waals surface area contributed by atoms with Crippen LogP contribution in [-0.4, -0.2) is 41.8 Å². The van der Waals surface area contributed by atoms with Gasteiger partial charge in [0.05, 0.1) is 5.69 Å². The summed E-state index contributed by atoms with van der Waals surface area (Å²) in [5, 5.41) is 0.367. The Labute approximate surface area is 112 Å². The normalized spacial score (nSPS) is 21.9. The van der Waals surface area contributed by atoms with Gasteiger partial charge in [0.1, 0.15) is 4.90 Å². The van der Waals surface area contributed by atoms with Gasteiger partial charge in [-0.2, -0.15) is 16.1 Å². The minimum absolute atomic E-state index is 0.117. The summed E-state index contributed by atoms with van der Waals surface area (Å²) < 4.78 is 26.5. The molecule has 5 nitrogen and oxygen atoms in total. The van der Waals surface area contributed by atoms with E-state index in [1.807, 2.05) is 11.8 Å². The van der Waals surface area contributed by atoms with Gasteiger partial charge in [-0.05, 0) is 12.5 Å². The summed E-state index contributed by atoms with van der Waals surface area (Å²) in [6, 6.07) is 1.52. The average Bonchev–Trinajstić information content (AvgIpc) is 2.39. The number of nitrogen functional groups attached to an aromatic ring is 1. The van der Waals surface area contributed by atoms with Gasteiger partial charge in [0.25, 0.3) is 0 Å². The van der Waals surface area contributed by atoms with E-state index in [9.17, 15) is 8.42 Å². The van der Waals surface area contributed by atoms with Crippen LogP contribution in [-0.2, 0) is 10.0 Å². The lowest BCUT2D eigenvalue weighted by atomic mass is 10.3. The fourth-order valence-corrected chi connectivity index (χ4v) is 4.84. The molecule has 100 valence electrons. The van der Waals surface area contributed by atoms with Crippen molar-refractivity contribution in [1.82, 2.24) is 9.29 Å². The van der Waals surface area contributed by atoms with Crippen LogP contribution < -0.4 is 5.73 Å². The van der Waals surface area contributed by atoms with E-state index in [1.165, 1.54) is 22.8 Å². The molecule has 1 aliphatic rings. The monoisotopic (exact) mass is 287 g/mol. The molecular weight excluding hydrogens is 270 g/mol. The molecule has 0 spiro atoms. The van der Waals surface area contributed by atoms with Crippen LogP contribution in [0.15, 0.2) is 23.4 Å². The summed E-state index contributed by atoms with van der Waals surface area (Å²) in [7, 11) is -3.50. The quantitative estimate of drug-likeness (QED) is 0.903. The lowest BCUT2D eigenvalue weighted by Gasteiger charge is -2.31. The summed E-state index contributed by atoms with van der Waals surface area (Å²) in [4.78, 5) is 3.97. The highest BCUT2D eigenvalue weighted by Crippen LogP contribution is 2.27. The maximum absolute atomic E-state index is 12.5. The highest BCUT2D eigenvalue weighted by Gasteiger charge is 2.31. The average molecular weight is 287 g/mol. The fraction of sp³-hybridized carbons (Fsp3) is 0.545. The number of aromatic nitrogens is 1. The summed E-state index contributed by atoms with van der Waals surface area (Å²) in [5.74, 6) is 0.831. The predicted molar refractivity (Wildman–Crippen MR) is 73.9 cm³/mol. The van der Waals surface area contributed by atoms with Crippen LogP contribution in [0, 0.1) is 0 Å². The van der Waals surface area contributed by atoms with Gasteiger partial charge >= 0.3 is 0 Å². The molecule has 7 heteroatoms. The Hall–Kier alpha value is -0.790. The molecule has 1 aromatic rings. The first-order valence-electron chi connectivity index (χ1n) is 5.87. The van der Waals surface area contributed by atoms with Gasteiger partial charge in [0.15, 0.2) is 0 Å². The lowest BCUT2D eigenvalue weighted by molar-refractivity contribution is 0.416. The molecule has 2 N–H and O–H groups in total. The molecule has 0 amide bonds. The van der Waals surface area contributed by atoms with Gasteiger partial charge in [-0.15, -0.1) is 0 Å². The lowest BCUT2D eigenvalue weighted by Crippen LogP contribution is -2.41. The summed E-state index contributed by atoms with van der Waals surface area (Å²) in [5.41, 5.74) is 5.99. The number of pyridine rings is 1. The van der Waals surface area contributed by atoms with Crippen molar-refractivity contribution in [3.63, 3.8) is 0 Å². The zero-order valence-electron chi connectivity index (χ0n) is 10.2. The molecule has 0 bridgehead atoms. The largest absolute Gasteiger partial charge is 0.398 e. The minimum atomic E-state index is -3.50. The SMILES string of the molecule is CCC1CN(S(=O)(=O)c2cnccc2N)CCS1. The molecule has 2 rings (SSSR count). The number of nitrogens with two attached hydrogens (primary N) is 1. The predicted octanol–water partition coefficient (Wildman–Crippen LogP) is 1.18. The van der Waals surface area contributed by atoms with Crippen LogP contribution in [0.2, 0.25) is 0 Å². The zero-order chi connectivity index (χ0) is 13.2. The van der Waals surface area contributed by atoms with E-state index in [0.717, 1.165) is 12.2 Å². The summed E-state index contributed by atoms with van der Waals surface area (Å²) >= 11 is 1.83. The first-order valence-corrected chi connectivity index (χ1v) is 8.36. The van der Waals surface area contributed by atoms with E-state index in [1.54, 1.807) is 0 Å². The van der Waals surface area contributed by atoms with Crippen molar-refractivity contribution >= 4 is 27.5 Å². The molecule has 1 saturated heterocycles. The third kappa shape index (κ3) is 2.62. The van der Waals surface area contributed by atoms with E-state index in [2.05, 4.69) is 11.9 Å². The third-order valence-corrected chi connectivity index (χ3v) is 6.27. The first kappa shape index (κ1) is 13.6. The smallest absolute Gasteiger partial charge is 0.246 e. The van der Waals surface area contributed by atoms with E-state index in [-0.39, 0.29) is 10.6 Å². The van der Waals surface area contributed by atoms with Crippen LogP contribution in [0.25, 0.3) is 0 Å². The number of hydrogen-bond acceptors (Lipinski definition) is 5.